The number of benzene rings is 1. The maximum absolute atomic E-state index is 13.5. The number of rotatable bonds is 9. The Morgan fingerprint density at radius 1 is 1.22 bits per heavy atom. The van der Waals surface area contributed by atoms with Crippen LogP contribution in [0.25, 0.3) is 0 Å². The van der Waals surface area contributed by atoms with Crippen molar-refractivity contribution in [1.29, 1.82) is 0 Å². The fourth-order valence-corrected chi connectivity index (χ4v) is 3.21. The molecule has 1 heterocycles. The van der Waals surface area contributed by atoms with Crippen LogP contribution in [0.1, 0.15) is 33.1 Å². The molecule has 1 aliphatic heterocycles. The van der Waals surface area contributed by atoms with Crippen molar-refractivity contribution in [2.45, 2.75) is 33.1 Å². The highest BCUT2D eigenvalue weighted by molar-refractivity contribution is 5.79. The molecule has 2 N–H and O–H groups in total. The number of aliphatic imine (C=N–C) groups is 1. The van der Waals surface area contributed by atoms with Gasteiger partial charge in [-0.25, -0.2) is 8.78 Å². The zero-order valence-electron chi connectivity index (χ0n) is 16.4. The third kappa shape index (κ3) is 7.71. The van der Waals surface area contributed by atoms with Gasteiger partial charge in [0.1, 0.15) is 12.4 Å². The maximum Gasteiger partial charge on any atom is 0.191 e. The molecule has 152 valence electrons. The fourth-order valence-electron chi connectivity index (χ4n) is 3.21. The molecule has 0 aliphatic carbocycles. The summed E-state index contributed by atoms with van der Waals surface area (Å²) in [4.78, 5) is 7.12. The minimum atomic E-state index is -0.690. The molecule has 1 aromatic rings. The Morgan fingerprint density at radius 3 is 2.67 bits per heavy atom. The zero-order valence-corrected chi connectivity index (χ0v) is 16.4. The Labute approximate surface area is 161 Å². The first-order chi connectivity index (χ1) is 13.1. The topological polar surface area (TPSA) is 48.9 Å². The Morgan fingerprint density at radius 2 is 2.00 bits per heavy atom. The van der Waals surface area contributed by atoms with E-state index >= 15 is 0 Å². The summed E-state index contributed by atoms with van der Waals surface area (Å²) < 4.78 is 31.8. The number of piperidine rings is 1. The first-order valence-corrected chi connectivity index (χ1v) is 9.94. The number of hydrogen-bond acceptors (Lipinski definition) is 3. The largest absolute Gasteiger partial charge is 0.489 e. The third-order valence-corrected chi connectivity index (χ3v) is 4.85. The number of hydrogen-bond donors (Lipinski definition) is 2. The first-order valence-electron chi connectivity index (χ1n) is 9.94. The molecule has 1 aromatic carbocycles. The average molecular weight is 382 g/mol. The molecule has 0 bridgehead atoms. The van der Waals surface area contributed by atoms with Crippen molar-refractivity contribution in [3.63, 3.8) is 0 Å². The van der Waals surface area contributed by atoms with Crippen LogP contribution < -0.4 is 15.4 Å². The summed E-state index contributed by atoms with van der Waals surface area (Å²) in [5.74, 6) is 0.249. The zero-order chi connectivity index (χ0) is 19.5. The van der Waals surface area contributed by atoms with E-state index in [9.17, 15) is 8.78 Å². The Kier molecular flexibility index (Phi) is 9.31. The van der Waals surface area contributed by atoms with Gasteiger partial charge in [-0.2, -0.15) is 0 Å². The molecular weight excluding hydrogens is 350 g/mol. The number of guanidine groups is 1. The van der Waals surface area contributed by atoms with E-state index in [4.69, 9.17) is 4.74 Å². The van der Waals surface area contributed by atoms with Gasteiger partial charge < -0.3 is 20.3 Å². The number of nitrogens with one attached hydrogen (secondary N) is 2. The first kappa shape index (κ1) is 21.4. The van der Waals surface area contributed by atoms with Crippen molar-refractivity contribution in [3.05, 3.63) is 29.8 Å². The maximum atomic E-state index is 13.5. The fraction of sp³-hybridized carbons (Fsp3) is 0.650. The van der Waals surface area contributed by atoms with Gasteiger partial charge in [0.2, 0.25) is 0 Å². The molecule has 0 aromatic heterocycles. The molecule has 0 saturated carbocycles. The second kappa shape index (κ2) is 11.7. The second-order valence-corrected chi connectivity index (χ2v) is 6.78. The highest BCUT2D eigenvalue weighted by Crippen LogP contribution is 2.20. The van der Waals surface area contributed by atoms with Gasteiger partial charge in [0.15, 0.2) is 17.5 Å². The molecule has 1 aliphatic rings. The van der Waals surface area contributed by atoms with Crippen molar-refractivity contribution >= 4 is 5.96 Å². The molecule has 0 amide bonds. The van der Waals surface area contributed by atoms with Crippen molar-refractivity contribution in [2.75, 3.05) is 45.9 Å². The summed E-state index contributed by atoms with van der Waals surface area (Å²) in [7, 11) is 0. The lowest BCUT2D eigenvalue weighted by Crippen LogP contribution is -2.39. The Bertz CT molecular complexity index is 589. The minimum Gasteiger partial charge on any atom is -0.489 e. The van der Waals surface area contributed by atoms with Crippen LogP contribution in [0, 0.1) is 17.6 Å². The van der Waals surface area contributed by atoms with Crippen LogP contribution >= 0.6 is 0 Å². The van der Waals surface area contributed by atoms with E-state index in [1.54, 1.807) is 0 Å². The molecule has 2 rings (SSSR count). The summed E-state index contributed by atoms with van der Waals surface area (Å²) in [6, 6.07) is 3.30. The van der Waals surface area contributed by atoms with Crippen molar-refractivity contribution in [1.82, 2.24) is 15.5 Å². The molecule has 0 radical (unpaired) electrons. The van der Waals surface area contributed by atoms with Gasteiger partial charge in [-0.05, 0) is 63.9 Å². The lowest BCUT2D eigenvalue weighted by atomic mass is 9.94. The molecule has 27 heavy (non-hydrogen) atoms. The molecule has 1 saturated heterocycles. The van der Waals surface area contributed by atoms with E-state index in [1.807, 2.05) is 6.92 Å². The number of likely N-dealkylation sites (tertiary alicyclic amines) is 1. The van der Waals surface area contributed by atoms with E-state index in [1.165, 1.54) is 38.1 Å². The van der Waals surface area contributed by atoms with Gasteiger partial charge in [-0.15, -0.1) is 0 Å². The number of nitrogens with zero attached hydrogens (tertiary/aromatic N) is 2. The lowest BCUT2D eigenvalue weighted by molar-refractivity contribution is 0.188. The normalized spacial score (nSPS) is 16.4. The SMILES string of the molecule is CCNC(=NCCC1CCN(CC)CC1)NCCOc1ccc(F)cc1F. The number of halogens is 2. The monoisotopic (exact) mass is 382 g/mol. The van der Waals surface area contributed by atoms with Crippen LogP contribution in [0.2, 0.25) is 0 Å². The molecule has 0 atom stereocenters. The van der Waals surface area contributed by atoms with Crippen LogP contribution in [0.3, 0.4) is 0 Å². The number of ether oxygens (including phenoxy) is 1. The summed E-state index contributed by atoms with van der Waals surface area (Å²) in [5, 5.41) is 6.39. The molecule has 5 nitrogen and oxygen atoms in total. The lowest BCUT2D eigenvalue weighted by Gasteiger charge is -2.30. The Balaban J connectivity index is 1.68. The van der Waals surface area contributed by atoms with Crippen molar-refractivity contribution < 1.29 is 13.5 Å². The highest BCUT2D eigenvalue weighted by atomic mass is 19.1. The van der Waals surface area contributed by atoms with Crippen molar-refractivity contribution in [3.8, 4) is 5.75 Å². The Hall–Kier alpha value is -1.89. The second-order valence-electron chi connectivity index (χ2n) is 6.78. The summed E-state index contributed by atoms with van der Waals surface area (Å²) in [6.07, 6.45) is 3.61. The van der Waals surface area contributed by atoms with E-state index < -0.39 is 11.6 Å². The van der Waals surface area contributed by atoms with Gasteiger partial charge >= 0.3 is 0 Å². The quantitative estimate of drug-likeness (QED) is 0.392. The van der Waals surface area contributed by atoms with Gasteiger partial charge in [-0.1, -0.05) is 6.92 Å². The summed E-state index contributed by atoms with van der Waals surface area (Å²) in [5.41, 5.74) is 0. The van der Waals surface area contributed by atoms with Crippen LogP contribution in [-0.4, -0.2) is 56.7 Å². The molecular formula is C20H32F2N4O. The average Bonchev–Trinajstić information content (AvgIpc) is 2.67. The van der Waals surface area contributed by atoms with Gasteiger partial charge in [0.05, 0.1) is 6.54 Å². The van der Waals surface area contributed by atoms with E-state index in [-0.39, 0.29) is 12.4 Å². The van der Waals surface area contributed by atoms with Crippen LogP contribution in [0.5, 0.6) is 5.75 Å². The van der Waals surface area contributed by atoms with Gasteiger partial charge in [0.25, 0.3) is 0 Å². The van der Waals surface area contributed by atoms with Gasteiger partial charge in [-0.3, -0.25) is 4.99 Å². The van der Waals surface area contributed by atoms with Crippen LogP contribution in [0.15, 0.2) is 23.2 Å². The minimum absolute atomic E-state index is 0.0542. The summed E-state index contributed by atoms with van der Waals surface area (Å²) in [6.45, 7) is 10.1. The third-order valence-electron chi connectivity index (χ3n) is 4.85. The van der Waals surface area contributed by atoms with E-state index in [0.29, 0.717) is 6.54 Å². The van der Waals surface area contributed by atoms with E-state index in [2.05, 4.69) is 27.4 Å². The highest BCUT2D eigenvalue weighted by Gasteiger charge is 2.17. The van der Waals surface area contributed by atoms with Gasteiger partial charge in [0, 0.05) is 19.2 Å². The molecule has 7 heteroatoms. The molecule has 0 unspecified atom stereocenters. The predicted molar refractivity (Wildman–Crippen MR) is 105 cm³/mol. The smallest absolute Gasteiger partial charge is 0.191 e. The predicted octanol–water partition coefficient (Wildman–Crippen LogP) is 3.02. The van der Waals surface area contributed by atoms with Crippen molar-refractivity contribution in [2.24, 2.45) is 10.9 Å². The molecule has 0 spiro atoms. The van der Waals surface area contributed by atoms with Crippen LogP contribution in [0.4, 0.5) is 8.78 Å². The summed E-state index contributed by atoms with van der Waals surface area (Å²) >= 11 is 0. The van der Waals surface area contributed by atoms with E-state index in [0.717, 1.165) is 44.0 Å². The molecule has 1 fully saturated rings. The van der Waals surface area contributed by atoms with Crippen LogP contribution in [-0.2, 0) is 0 Å². The standard InChI is InChI=1S/C20H32F2N4O/c1-3-23-20(24-10-7-16-8-12-26(4-2)13-9-16)25-11-14-27-19-6-5-17(21)15-18(19)22/h5-6,15-16H,3-4,7-14H2,1-2H3,(H2,23,24,25).